The molecule has 2 heterocycles. The van der Waals surface area contributed by atoms with Crippen LogP contribution in [-0.4, -0.2) is 54.2 Å². The molecule has 1 atom stereocenters. The molecule has 5 nitrogen and oxygen atoms in total. The van der Waals surface area contributed by atoms with Gasteiger partial charge in [0.25, 0.3) is 0 Å². The van der Waals surface area contributed by atoms with E-state index in [2.05, 4.69) is 21.8 Å². The molecule has 0 bridgehead atoms. The van der Waals surface area contributed by atoms with Crippen LogP contribution in [0.3, 0.4) is 0 Å². The van der Waals surface area contributed by atoms with E-state index in [1.165, 1.54) is 12.8 Å². The number of likely N-dealkylation sites (tertiary alicyclic amines) is 1. The van der Waals surface area contributed by atoms with E-state index in [-0.39, 0.29) is 5.69 Å². The maximum Gasteiger partial charge on any atom is 0.354 e. The second-order valence-corrected chi connectivity index (χ2v) is 4.88. The van der Waals surface area contributed by atoms with Crippen molar-refractivity contribution >= 4 is 11.7 Å². The number of hydrogen-bond acceptors (Lipinski definition) is 4. The number of likely N-dealkylation sites (N-methyl/N-ethyl adjacent to an activating group) is 2. The molecule has 1 aliphatic heterocycles. The molecule has 1 saturated heterocycles. The molecule has 0 amide bonds. The molecule has 0 aromatic carbocycles. The Kier molecular flexibility index (Phi) is 3.81. The molecule has 18 heavy (non-hydrogen) atoms. The van der Waals surface area contributed by atoms with E-state index in [1.54, 1.807) is 12.3 Å². The van der Waals surface area contributed by atoms with Crippen molar-refractivity contribution in [2.75, 3.05) is 32.1 Å². The summed E-state index contributed by atoms with van der Waals surface area (Å²) in [5, 5.41) is 8.81. The third-order valence-corrected chi connectivity index (χ3v) is 3.52. The predicted molar refractivity (Wildman–Crippen MR) is 70.1 cm³/mol. The second kappa shape index (κ2) is 5.35. The van der Waals surface area contributed by atoms with Gasteiger partial charge in [0, 0.05) is 19.6 Å². The molecule has 98 valence electrons. The molecule has 1 unspecified atom stereocenters. The summed E-state index contributed by atoms with van der Waals surface area (Å²) in [7, 11) is 4.17. The number of piperidine rings is 1. The molecule has 5 heteroatoms. The van der Waals surface area contributed by atoms with E-state index in [0.717, 1.165) is 18.8 Å². The second-order valence-electron chi connectivity index (χ2n) is 4.88. The highest BCUT2D eigenvalue weighted by Gasteiger charge is 2.21. The van der Waals surface area contributed by atoms with Crippen LogP contribution < -0.4 is 4.90 Å². The minimum atomic E-state index is -0.985. The summed E-state index contributed by atoms with van der Waals surface area (Å²) < 4.78 is 0. The fraction of sp³-hybridized carbons (Fsp3) is 0.538. The normalized spacial score (nSPS) is 20.7. The minimum Gasteiger partial charge on any atom is -0.477 e. The first-order valence-electron chi connectivity index (χ1n) is 6.18. The van der Waals surface area contributed by atoms with Crippen LogP contribution in [0.15, 0.2) is 18.3 Å². The van der Waals surface area contributed by atoms with Crippen LogP contribution >= 0.6 is 0 Å². The lowest BCUT2D eigenvalue weighted by atomic mass is 10.0. The van der Waals surface area contributed by atoms with Crippen molar-refractivity contribution in [1.29, 1.82) is 0 Å². The highest BCUT2D eigenvalue weighted by Crippen LogP contribution is 2.20. The smallest absolute Gasteiger partial charge is 0.354 e. The van der Waals surface area contributed by atoms with Crippen LogP contribution in [0, 0.1) is 0 Å². The summed E-state index contributed by atoms with van der Waals surface area (Å²) in [6, 6.07) is 3.85. The summed E-state index contributed by atoms with van der Waals surface area (Å²) in [6.07, 6.45) is 4.01. The van der Waals surface area contributed by atoms with E-state index in [0.29, 0.717) is 6.04 Å². The molecule has 0 saturated carbocycles. The van der Waals surface area contributed by atoms with E-state index in [1.807, 2.05) is 13.1 Å². The van der Waals surface area contributed by atoms with Gasteiger partial charge in [-0.2, -0.15) is 0 Å². The maximum atomic E-state index is 10.7. The third kappa shape index (κ3) is 2.79. The summed E-state index contributed by atoms with van der Waals surface area (Å²) >= 11 is 0. The van der Waals surface area contributed by atoms with Crippen LogP contribution in [-0.2, 0) is 0 Å². The van der Waals surface area contributed by atoms with Gasteiger partial charge in [0.2, 0.25) is 0 Å². The molecular weight excluding hydrogens is 230 g/mol. The van der Waals surface area contributed by atoms with Crippen molar-refractivity contribution in [1.82, 2.24) is 9.88 Å². The summed E-state index contributed by atoms with van der Waals surface area (Å²) in [4.78, 5) is 19.2. The Balaban J connectivity index is 2.08. The molecule has 1 aromatic heterocycles. The third-order valence-electron chi connectivity index (χ3n) is 3.52. The van der Waals surface area contributed by atoms with Crippen molar-refractivity contribution in [2.24, 2.45) is 0 Å². The SMILES string of the molecule is CN1CCCC(N(C)c2ccc(C(=O)O)nc2)C1. The fourth-order valence-electron chi connectivity index (χ4n) is 2.39. The van der Waals surface area contributed by atoms with Crippen molar-refractivity contribution in [3.05, 3.63) is 24.0 Å². The highest BCUT2D eigenvalue weighted by atomic mass is 16.4. The minimum absolute atomic E-state index is 0.0907. The zero-order chi connectivity index (χ0) is 13.1. The van der Waals surface area contributed by atoms with Crippen molar-refractivity contribution in [3.8, 4) is 0 Å². The lowest BCUT2D eigenvalue weighted by Gasteiger charge is -2.36. The molecule has 1 aliphatic rings. The van der Waals surface area contributed by atoms with Gasteiger partial charge in [-0.05, 0) is 38.6 Å². The first-order valence-corrected chi connectivity index (χ1v) is 6.18. The standard InChI is InChI=1S/C13H19N3O2/c1-15-7-3-4-11(9-15)16(2)10-5-6-12(13(17)18)14-8-10/h5-6,8,11H,3-4,7,9H2,1-2H3,(H,17,18). The van der Waals surface area contributed by atoms with Gasteiger partial charge in [0.15, 0.2) is 0 Å². The molecule has 1 fully saturated rings. The molecular formula is C13H19N3O2. The van der Waals surface area contributed by atoms with Gasteiger partial charge in [0.05, 0.1) is 11.9 Å². The van der Waals surface area contributed by atoms with Crippen molar-refractivity contribution in [2.45, 2.75) is 18.9 Å². The number of aromatic carboxylic acids is 1. The van der Waals surface area contributed by atoms with Crippen LogP contribution in [0.25, 0.3) is 0 Å². The average molecular weight is 249 g/mol. The van der Waals surface area contributed by atoms with Gasteiger partial charge in [-0.1, -0.05) is 0 Å². The topological polar surface area (TPSA) is 56.7 Å². The summed E-state index contributed by atoms with van der Waals surface area (Å²) in [6.45, 7) is 2.19. The highest BCUT2D eigenvalue weighted by molar-refractivity contribution is 5.85. The van der Waals surface area contributed by atoms with E-state index in [9.17, 15) is 4.79 Å². The van der Waals surface area contributed by atoms with E-state index < -0.39 is 5.97 Å². The Morgan fingerprint density at radius 3 is 2.89 bits per heavy atom. The number of pyridine rings is 1. The number of carboxylic acids is 1. The maximum absolute atomic E-state index is 10.7. The molecule has 2 rings (SSSR count). The zero-order valence-electron chi connectivity index (χ0n) is 10.8. The quantitative estimate of drug-likeness (QED) is 0.875. The van der Waals surface area contributed by atoms with Crippen LogP contribution in [0.1, 0.15) is 23.3 Å². The van der Waals surface area contributed by atoms with Crippen molar-refractivity contribution < 1.29 is 9.90 Å². The first-order chi connectivity index (χ1) is 8.58. The molecule has 1 aromatic rings. The van der Waals surface area contributed by atoms with E-state index in [4.69, 9.17) is 5.11 Å². The number of aromatic nitrogens is 1. The number of rotatable bonds is 3. The summed E-state index contributed by atoms with van der Waals surface area (Å²) in [5.74, 6) is -0.985. The Morgan fingerprint density at radius 2 is 2.33 bits per heavy atom. The number of carbonyl (C=O) groups is 1. The molecule has 1 N–H and O–H groups in total. The average Bonchev–Trinajstić information content (AvgIpc) is 2.38. The van der Waals surface area contributed by atoms with Gasteiger partial charge in [-0.15, -0.1) is 0 Å². The number of anilines is 1. The van der Waals surface area contributed by atoms with Crippen LogP contribution in [0.2, 0.25) is 0 Å². The zero-order valence-corrected chi connectivity index (χ0v) is 10.8. The molecule has 0 aliphatic carbocycles. The molecule has 0 spiro atoms. The van der Waals surface area contributed by atoms with Gasteiger partial charge >= 0.3 is 5.97 Å². The Labute approximate surface area is 107 Å². The van der Waals surface area contributed by atoms with Gasteiger partial charge in [-0.25, -0.2) is 9.78 Å². The largest absolute Gasteiger partial charge is 0.477 e. The van der Waals surface area contributed by atoms with Gasteiger partial charge < -0.3 is 14.9 Å². The van der Waals surface area contributed by atoms with Gasteiger partial charge in [-0.3, -0.25) is 0 Å². The number of carboxylic acid groups (broad SMARTS) is 1. The monoisotopic (exact) mass is 249 g/mol. The predicted octanol–water partition coefficient (Wildman–Crippen LogP) is 1.31. The first kappa shape index (κ1) is 12.8. The summed E-state index contributed by atoms with van der Waals surface area (Å²) in [5.41, 5.74) is 1.06. The van der Waals surface area contributed by atoms with Crippen LogP contribution in [0.5, 0.6) is 0 Å². The van der Waals surface area contributed by atoms with E-state index >= 15 is 0 Å². The lowest BCUT2D eigenvalue weighted by molar-refractivity contribution is 0.0690. The number of nitrogens with zero attached hydrogens (tertiary/aromatic N) is 3. The molecule has 0 radical (unpaired) electrons. The Hall–Kier alpha value is -1.62. The van der Waals surface area contributed by atoms with Crippen molar-refractivity contribution in [3.63, 3.8) is 0 Å². The fourth-order valence-corrected chi connectivity index (χ4v) is 2.39. The number of hydrogen-bond donors (Lipinski definition) is 1. The Bertz CT molecular complexity index is 419. The van der Waals surface area contributed by atoms with Crippen LogP contribution in [0.4, 0.5) is 5.69 Å². The Morgan fingerprint density at radius 1 is 1.56 bits per heavy atom. The lowest BCUT2D eigenvalue weighted by Crippen LogP contribution is -2.45. The van der Waals surface area contributed by atoms with Gasteiger partial charge in [0.1, 0.15) is 5.69 Å².